The lowest BCUT2D eigenvalue weighted by Gasteiger charge is -2.60. The SMILES string of the molecule is C=CC[C@]1(C(C)=O)CC[C@H]2[C@@H]3CC=C4C[C@](O)(OCc5ccc(OCC)cc5)CC[C@]4(C)[C@H]3CC[C@@]21C. The van der Waals surface area contributed by atoms with Gasteiger partial charge in [-0.15, -0.1) is 6.58 Å². The zero-order chi connectivity index (χ0) is 26.5. The van der Waals surface area contributed by atoms with Gasteiger partial charge in [-0.3, -0.25) is 4.79 Å². The van der Waals surface area contributed by atoms with Crippen molar-refractivity contribution in [2.45, 2.75) is 97.9 Å². The average molecular weight is 507 g/mol. The zero-order valence-electron chi connectivity index (χ0n) is 23.4. The van der Waals surface area contributed by atoms with Crippen LogP contribution in [0.15, 0.2) is 48.6 Å². The van der Waals surface area contributed by atoms with Crippen molar-refractivity contribution in [3.05, 3.63) is 54.1 Å². The van der Waals surface area contributed by atoms with Crippen LogP contribution in [0.1, 0.15) is 91.0 Å². The predicted molar refractivity (Wildman–Crippen MR) is 147 cm³/mol. The van der Waals surface area contributed by atoms with Crippen LogP contribution in [0.3, 0.4) is 0 Å². The van der Waals surface area contributed by atoms with Crippen molar-refractivity contribution in [3.8, 4) is 5.75 Å². The van der Waals surface area contributed by atoms with E-state index in [0.29, 0.717) is 49.6 Å². The van der Waals surface area contributed by atoms with Gasteiger partial charge in [0.25, 0.3) is 0 Å². The van der Waals surface area contributed by atoms with E-state index in [-0.39, 0.29) is 16.2 Å². The quantitative estimate of drug-likeness (QED) is 0.295. The van der Waals surface area contributed by atoms with Crippen molar-refractivity contribution in [2.24, 2.45) is 34.0 Å². The molecule has 5 rings (SSSR count). The first-order chi connectivity index (χ1) is 17.6. The number of carbonyl (C=O) groups excluding carboxylic acids is 1. The number of fused-ring (bicyclic) bond motifs is 5. The van der Waals surface area contributed by atoms with Gasteiger partial charge in [0.2, 0.25) is 0 Å². The highest BCUT2D eigenvalue weighted by Gasteiger charge is 2.65. The third-order valence-corrected chi connectivity index (χ3v) is 11.4. The molecule has 4 aliphatic rings. The molecule has 202 valence electrons. The Balaban J connectivity index is 1.31. The maximum atomic E-state index is 13.0. The summed E-state index contributed by atoms with van der Waals surface area (Å²) in [7, 11) is 0. The highest BCUT2D eigenvalue weighted by molar-refractivity contribution is 5.84. The van der Waals surface area contributed by atoms with E-state index in [2.05, 4.69) is 26.5 Å². The van der Waals surface area contributed by atoms with Gasteiger partial charge < -0.3 is 14.6 Å². The van der Waals surface area contributed by atoms with Gasteiger partial charge in [0.15, 0.2) is 5.79 Å². The van der Waals surface area contributed by atoms with E-state index in [9.17, 15) is 9.90 Å². The molecule has 0 amide bonds. The summed E-state index contributed by atoms with van der Waals surface area (Å²) in [6.07, 6.45) is 13.0. The minimum atomic E-state index is -1.11. The standard InChI is InChI=1S/C33H46O4/c1-6-16-32(23(3)34)18-15-29-27-13-10-25-21-33(35,37-22-24-8-11-26(12-9-24)36-7-2)20-19-30(25,4)28(27)14-17-31(29,32)5/h6,8-12,27-29,35H,1,7,13-22H2,2-5H3/t27-,28+,29+,30+,31+,32-,33-/m1/s1. The molecule has 1 N–H and O–H groups in total. The molecule has 0 unspecified atom stereocenters. The van der Waals surface area contributed by atoms with Crippen LogP contribution in [0, 0.1) is 34.0 Å². The lowest BCUT2D eigenvalue weighted by atomic mass is 9.45. The van der Waals surface area contributed by atoms with E-state index >= 15 is 0 Å². The second-order valence-electron chi connectivity index (χ2n) is 12.9. The van der Waals surface area contributed by atoms with E-state index in [1.807, 2.05) is 44.2 Å². The van der Waals surface area contributed by atoms with Gasteiger partial charge in [0, 0.05) is 18.3 Å². The van der Waals surface area contributed by atoms with E-state index < -0.39 is 5.79 Å². The van der Waals surface area contributed by atoms with Crippen molar-refractivity contribution >= 4 is 5.78 Å². The second-order valence-corrected chi connectivity index (χ2v) is 12.9. The first-order valence-corrected chi connectivity index (χ1v) is 14.5. The van der Waals surface area contributed by atoms with Crippen LogP contribution < -0.4 is 4.74 Å². The third kappa shape index (κ3) is 4.23. The Labute approximate surface area is 223 Å². The van der Waals surface area contributed by atoms with Crippen molar-refractivity contribution in [1.82, 2.24) is 0 Å². The topological polar surface area (TPSA) is 55.8 Å². The maximum Gasteiger partial charge on any atom is 0.169 e. The fourth-order valence-corrected chi connectivity index (χ4v) is 9.25. The van der Waals surface area contributed by atoms with Crippen LogP contribution in [-0.4, -0.2) is 23.3 Å². The van der Waals surface area contributed by atoms with E-state index in [4.69, 9.17) is 9.47 Å². The smallest absolute Gasteiger partial charge is 0.169 e. The largest absolute Gasteiger partial charge is 0.494 e. The fraction of sp³-hybridized carbons (Fsp3) is 0.667. The Kier molecular flexibility index (Phi) is 6.98. The summed E-state index contributed by atoms with van der Waals surface area (Å²) < 4.78 is 11.7. The van der Waals surface area contributed by atoms with Gasteiger partial charge in [-0.1, -0.05) is 43.7 Å². The molecule has 0 heterocycles. The summed E-state index contributed by atoms with van der Waals surface area (Å²) in [4.78, 5) is 13.0. The van der Waals surface area contributed by atoms with Gasteiger partial charge >= 0.3 is 0 Å². The molecule has 4 aliphatic carbocycles. The monoisotopic (exact) mass is 506 g/mol. The van der Waals surface area contributed by atoms with Crippen molar-refractivity contribution < 1.29 is 19.4 Å². The highest BCUT2D eigenvalue weighted by Crippen LogP contribution is 2.70. The molecule has 1 aromatic carbocycles. The molecular weight excluding hydrogens is 460 g/mol. The lowest BCUT2D eigenvalue weighted by Crippen LogP contribution is -2.55. The second kappa shape index (κ2) is 9.68. The summed E-state index contributed by atoms with van der Waals surface area (Å²) >= 11 is 0. The molecule has 0 saturated heterocycles. The number of allylic oxidation sites excluding steroid dienone is 2. The number of carbonyl (C=O) groups is 1. The predicted octanol–water partition coefficient (Wildman–Crippen LogP) is 7.40. The minimum Gasteiger partial charge on any atom is -0.494 e. The Morgan fingerprint density at radius 2 is 1.84 bits per heavy atom. The first-order valence-electron chi connectivity index (χ1n) is 14.5. The number of benzene rings is 1. The molecule has 37 heavy (non-hydrogen) atoms. The number of aliphatic hydroxyl groups is 1. The van der Waals surface area contributed by atoms with Crippen LogP contribution in [0.25, 0.3) is 0 Å². The van der Waals surface area contributed by atoms with Gasteiger partial charge in [-0.2, -0.15) is 0 Å². The summed E-state index contributed by atoms with van der Waals surface area (Å²) in [6, 6.07) is 7.95. The molecule has 1 aromatic rings. The summed E-state index contributed by atoms with van der Waals surface area (Å²) in [5, 5.41) is 11.5. The molecule has 4 heteroatoms. The maximum absolute atomic E-state index is 13.0. The highest BCUT2D eigenvalue weighted by atomic mass is 16.6. The van der Waals surface area contributed by atoms with Crippen LogP contribution in [-0.2, 0) is 16.1 Å². The number of hydrogen-bond donors (Lipinski definition) is 1. The van der Waals surface area contributed by atoms with Crippen LogP contribution in [0.5, 0.6) is 5.75 Å². The Hall–Kier alpha value is -1.91. The third-order valence-electron chi connectivity index (χ3n) is 11.4. The van der Waals surface area contributed by atoms with E-state index in [0.717, 1.165) is 49.8 Å². The molecule has 0 bridgehead atoms. The van der Waals surface area contributed by atoms with Crippen LogP contribution in [0.4, 0.5) is 0 Å². The Morgan fingerprint density at radius 3 is 2.51 bits per heavy atom. The van der Waals surface area contributed by atoms with Crippen LogP contribution >= 0.6 is 0 Å². The van der Waals surface area contributed by atoms with Crippen LogP contribution in [0.2, 0.25) is 0 Å². The summed E-state index contributed by atoms with van der Waals surface area (Å²) in [6.45, 7) is 13.7. The van der Waals surface area contributed by atoms with Crippen molar-refractivity contribution in [1.29, 1.82) is 0 Å². The number of ketones is 1. The number of ether oxygens (including phenoxy) is 2. The normalized spacial score (nSPS) is 40.7. The lowest BCUT2D eigenvalue weighted by molar-refractivity contribution is -0.231. The van der Waals surface area contributed by atoms with Gasteiger partial charge in [0.05, 0.1) is 13.2 Å². The molecular formula is C33H46O4. The summed E-state index contributed by atoms with van der Waals surface area (Å²) in [5.41, 5.74) is 2.37. The first kappa shape index (κ1) is 26.7. The fourth-order valence-electron chi connectivity index (χ4n) is 9.25. The molecule has 3 saturated carbocycles. The molecule has 0 radical (unpaired) electrons. The van der Waals surface area contributed by atoms with Gasteiger partial charge in [0.1, 0.15) is 11.5 Å². The van der Waals surface area contributed by atoms with Crippen molar-refractivity contribution in [2.75, 3.05) is 6.61 Å². The molecule has 0 spiro atoms. The molecule has 7 atom stereocenters. The van der Waals surface area contributed by atoms with Crippen molar-refractivity contribution in [3.63, 3.8) is 0 Å². The molecule has 3 fully saturated rings. The summed E-state index contributed by atoms with van der Waals surface area (Å²) in [5.74, 6) is 1.93. The zero-order valence-corrected chi connectivity index (χ0v) is 23.4. The van der Waals surface area contributed by atoms with Gasteiger partial charge in [-0.25, -0.2) is 0 Å². The number of rotatable bonds is 8. The molecule has 0 aromatic heterocycles. The average Bonchev–Trinajstić information content (AvgIpc) is 3.18. The Morgan fingerprint density at radius 1 is 1.11 bits per heavy atom. The van der Waals surface area contributed by atoms with Gasteiger partial charge in [-0.05, 0) is 105 Å². The Bertz CT molecular complexity index is 1060. The minimum absolute atomic E-state index is 0.0616. The number of Topliss-reactive ketones (excluding diaryl/α,β-unsaturated/α-hetero) is 1. The molecule has 4 nitrogen and oxygen atoms in total. The number of hydrogen-bond acceptors (Lipinski definition) is 4. The van der Waals surface area contributed by atoms with E-state index in [1.54, 1.807) is 0 Å². The van der Waals surface area contributed by atoms with E-state index in [1.165, 1.54) is 12.0 Å². The molecule has 0 aliphatic heterocycles.